The van der Waals surface area contributed by atoms with Crippen molar-refractivity contribution in [3.63, 3.8) is 0 Å². The monoisotopic (exact) mass is 249 g/mol. The minimum atomic E-state index is -4.00. The zero-order chi connectivity index (χ0) is 11.5. The maximum Gasteiger partial charge on any atom is 0.714 e. The molecule has 0 fully saturated rings. The molecular formula is C8H10O5PS+. The van der Waals surface area contributed by atoms with Crippen molar-refractivity contribution in [1.29, 1.82) is 0 Å². The normalized spacial score (nSPS) is 12.5. The Kier molecular flexibility index (Phi) is 3.93. The Labute approximate surface area is 89.1 Å². The molecule has 1 aromatic carbocycles. The molecule has 1 rings (SSSR count). The van der Waals surface area contributed by atoms with Gasteiger partial charge in [0.05, 0.1) is 12.0 Å². The van der Waals surface area contributed by atoms with Gasteiger partial charge in [-0.05, 0) is 19.1 Å². The SMILES string of the molecule is CO[P+](=O)OS(=O)(=O)c1ccc(C)cc1. The van der Waals surface area contributed by atoms with Crippen LogP contribution in [0.3, 0.4) is 0 Å². The molecule has 0 N–H and O–H groups in total. The van der Waals surface area contributed by atoms with Gasteiger partial charge in [-0.15, -0.1) is 4.52 Å². The predicted molar refractivity (Wildman–Crippen MR) is 54.1 cm³/mol. The van der Waals surface area contributed by atoms with Gasteiger partial charge in [-0.1, -0.05) is 17.7 Å². The molecule has 1 aromatic rings. The van der Waals surface area contributed by atoms with Crippen LogP contribution in [-0.2, 0) is 23.2 Å². The fourth-order valence-electron chi connectivity index (χ4n) is 0.859. The van der Waals surface area contributed by atoms with Crippen LogP contribution >= 0.6 is 8.25 Å². The number of hydrogen-bond donors (Lipinski definition) is 0. The van der Waals surface area contributed by atoms with Gasteiger partial charge in [0.15, 0.2) is 0 Å². The van der Waals surface area contributed by atoms with E-state index in [0.29, 0.717) is 0 Å². The standard InChI is InChI=1S/C8H10O5PS/c1-7-3-5-8(6-4-7)15(10,11)13-14(9)12-2/h3-6H,1-2H3/q+1. The molecule has 0 aliphatic rings. The van der Waals surface area contributed by atoms with E-state index in [1.165, 1.54) is 12.1 Å². The van der Waals surface area contributed by atoms with Crippen molar-refractivity contribution in [2.45, 2.75) is 11.8 Å². The Morgan fingerprint density at radius 2 is 1.73 bits per heavy atom. The highest BCUT2D eigenvalue weighted by Gasteiger charge is 2.31. The highest BCUT2D eigenvalue weighted by Crippen LogP contribution is 2.28. The second-order valence-corrected chi connectivity index (χ2v) is 5.54. The van der Waals surface area contributed by atoms with Crippen LogP contribution in [0, 0.1) is 6.92 Å². The van der Waals surface area contributed by atoms with E-state index < -0.39 is 18.4 Å². The average Bonchev–Trinajstić information content (AvgIpc) is 2.17. The molecule has 5 nitrogen and oxygen atoms in total. The van der Waals surface area contributed by atoms with Gasteiger partial charge in [-0.2, -0.15) is 8.42 Å². The molecule has 0 saturated heterocycles. The Balaban J connectivity index is 2.96. The molecule has 0 bridgehead atoms. The lowest BCUT2D eigenvalue weighted by molar-refractivity contribution is 0.348. The van der Waals surface area contributed by atoms with Crippen LogP contribution in [0.25, 0.3) is 0 Å². The molecule has 7 heteroatoms. The zero-order valence-electron chi connectivity index (χ0n) is 8.21. The van der Waals surface area contributed by atoms with Crippen molar-refractivity contribution in [1.82, 2.24) is 0 Å². The Bertz CT molecular complexity index is 450. The fraction of sp³-hybridized carbons (Fsp3) is 0.250. The van der Waals surface area contributed by atoms with Crippen molar-refractivity contribution >= 4 is 18.4 Å². The third-order valence-corrected chi connectivity index (χ3v) is 4.04. The van der Waals surface area contributed by atoms with Gasteiger partial charge in [-0.3, -0.25) is 0 Å². The lowest BCUT2D eigenvalue weighted by Gasteiger charge is -1.96. The molecule has 0 amide bonds. The third kappa shape index (κ3) is 3.35. The van der Waals surface area contributed by atoms with E-state index in [4.69, 9.17) is 0 Å². The molecule has 15 heavy (non-hydrogen) atoms. The molecule has 0 heterocycles. The smallest absolute Gasteiger partial charge is 0.190 e. The second kappa shape index (κ2) is 4.81. The van der Waals surface area contributed by atoms with E-state index in [0.717, 1.165) is 12.7 Å². The lowest BCUT2D eigenvalue weighted by Crippen LogP contribution is -2.01. The van der Waals surface area contributed by atoms with Gasteiger partial charge < -0.3 is 0 Å². The van der Waals surface area contributed by atoms with E-state index in [9.17, 15) is 13.0 Å². The van der Waals surface area contributed by atoms with E-state index in [2.05, 4.69) is 8.49 Å². The van der Waals surface area contributed by atoms with E-state index >= 15 is 0 Å². The molecule has 0 radical (unpaired) electrons. The first-order chi connectivity index (χ1) is 6.95. The van der Waals surface area contributed by atoms with Crippen molar-refractivity contribution in [2.24, 2.45) is 0 Å². The van der Waals surface area contributed by atoms with Crippen molar-refractivity contribution in [3.8, 4) is 0 Å². The van der Waals surface area contributed by atoms with E-state index in [1.807, 2.05) is 6.92 Å². The molecule has 0 spiro atoms. The van der Waals surface area contributed by atoms with Gasteiger partial charge in [0.1, 0.15) is 0 Å². The summed E-state index contributed by atoms with van der Waals surface area (Å²) in [5, 5.41) is 0. The maximum atomic E-state index is 11.4. The quantitative estimate of drug-likeness (QED) is 0.763. The number of benzene rings is 1. The van der Waals surface area contributed by atoms with Crippen molar-refractivity contribution < 1.29 is 21.5 Å². The Hall–Kier alpha value is -0.810. The van der Waals surface area contributed by atoms with Gasteiger partial charge in [-0.25, -0.2) is 0 Å². The van der Waals surface area contributed by atoms with Crippen LogP contribution in [0.5, 0.6) is 0 Å². The maximum absolute atomic E-state index is 11.4. The number of hydrogen-bond acceptors (Lipinski definition) is 5. The number of rotatable bonds is 4. The summed E-state index contributed by atoms with van der Waals surface area (Å²) in [5.41, 5.74) is 0.921. The third-order valence-electron chi connectivity index (χ3n) is 1.62. The Morgan fingerprint density at radius 3 is 2.20 bits per heavy atom. The van der Waals surface area contributed by atoms with Gasteiger partial charge in [0, 0.05) is 8.54 Å². The summed E-state index contributed by atoms with van der Waals surface area (Å²) in [5.74, 6) is 0. The highest BCUT2D eigenvalue weighted by molar-refractivity contribution is 7.89. The van der Waals surface area contributed by atoms with Gasteiger partial charge in [0.25, 0.3) is 0 Å². The minimum Gasteiger partial charge on any atom is -0.190 e. The predicted octanol–water partition coefficient (Wildman–Crippen LogP) is 2.00. The van der Waals surface area contributed by atoms with Crippen molar-refractivity contribution in [3.05, 3.63) is 29.8 Å². The van der Waals surface area contributed by atoms with Gasteiger partial charge in [0.2, 0.25) is 0 Å². The molecular weight excluding hydrogens is 239 g/mol. The van der Waals surface area contributed by atoms with Crippen LogP contribution < -0.4 is 0 Å². The lowest BCUT2D eigenvalue weighted by atomic mass is 10.2. The van der Waals surface area contributed by atoms with E-state index in [1.54, 1.807) is 12.1 Å². The fourth-order valence-corrected chi connectivity index (χ4v) is 2.56. The van der Waals surface area contributed by atoms with Crippen LogP contribution in [0.1, 0.15) is 5.56 Å². The van der Waals surface area contributed by atoms with E-state index in [-0.39, 0.29) is 4.90 Å². The second-order valence-electron chi connectivity index (χ2n) is 2.75. The Morgan fingerprint density at radius 1 is 1.20 bits per heavy atom. The first-order valence-electron chi connectivity index (χ1n) is 3.98. The molecule has 1 unspecified atom stereocenters. The average molecular weight is 249 g/mol. The summed E-state index contributed by atoms with van der Waals surface area (Å²) in [4.78, 5) is -0.0477. The van der Waals surface area contributed by atoms with Crippen LogP contribution in [0.15, 0.2) is 29.2 Å². The molecule has 0 aromatic heterocycles. The largest absolute Gasteiger partial charge is 0.714 e. The van der Waals surface area contributed by atoms with Gasteiger partial charge >= 0.3 is 18.4 Å². The molecule has 0 saturated carbocycles. The summed E-state index contributed by atoms with van der Waals surface area (Å²) in [6, 6.07) is 6.00. The molecule has 0 aliphatic heterocycles. The number of aryl methyl sites for hydroxylation is 1. The molecule has 82 valence electrons. The summed E-state index contributed by atoms with van der Waals surface area (Å²) in [6.45, 7) is 1.83. The summed E-state index contributed by atoms with van der Waals surface area (Å²) < 4.78 is 42.2. The zero-order valence-corrected chi connectivity index (χ0v) is 9.92. The van der Waals surface area contributed by atoms with Crippen molar-refractivity contribution in [2.75, 3.05) is 7.11 Å². The summed E-state index contributed by atoms with van der Waals surface area (Å²) >= 11 is 0. The topological polar surface area (TPSA) is 69.7 Å². The highest BCUT2D eigenvalue weighted by atomic mass is 32.2. The molecule has 1 atom stereocenters. The minimum absolute atomic E-state index is 0.0477. The summed E-state index contributed by atoms with van der Waals surface area (Å²) in [7, 11) is -5.53. The van der Waals surface area contributed by atoms with Crippen LogP contribution in [0.2, 0.25) is 0 Å². The van der Waals surface area contributed by atoms with Crippen LogP contribution in [0.4, 0.5) is 0 Å². The first kappa shape index (κ1) is 12.3. The van der Waals surface area contributed by atoms with Crippen LogP contribution in [-0.4, -0.2) is 15.5 Å². The molecule has 0 aliphatic carbocycles. The first-order valence-corrected chi connectivity index (χ1v) is 6.49. The summed E-state index contributed by atoms with van der Waals surface area (Å²) in [6.07, 6.45) is 0.